The number of halogens is 1. The zero-order valence-corrected chi connectivity index (χ0v) is 6.60. The highest BCUT2D eigenvalue weighted by Crippen LogP contribution is 2.08. The van der Waals surface area contributed by atoms with E-state index in [1.54, 1.807) is 4.68 Å². The summed E-state index contributed by atoms with van der Waals surface area (Å²) in [7, 11) is 1.81. The number of nitrogens with two attached hydrogens (primary N) is 1. The number of nitrogens with zero attached hydrogens (tertiary/aromatic N) is 2. The van der Waals surface area contributed by atoms with Gasteiger partial charge in [0.25, 0.3) is 0 Å². The van der Waals surface area contributed by atoms with Crippen LogP contribution in [-0.2, 0) is 13.5 Å². The molecule has 1 aromatic rings. The topological polar surface area (TPSA) is 43.8 Å². The van der Waals surface area contributed by atoms with Crippen LogP contribution >= 0.6 is 11.6 Å². The van der Waals surface area contributed by atoms with Gasteiger partial charge in [-0.1, -0.05) is 11.6 Å². The first-order valence-electron chi connectivity index (χ1n) is 3.12. The second-order valence-corrected chi connectivity index (χ2v) is 2.51. The molecule has 0 unspecified atom stereocenters. The molecule has 0 amide bonds. The number of aryl methyl sites for hydroxylation is 1. The van der Waals surface area contributed by atoms with Gasteiger partial charge in [0, 0.05) is 13.5 Å². The van der Waals surface area contributed by atoms with E-state index in [1.165, 1.54) is 0 Å². The van der Waals surface area contributed by atoms with Crippen LogP contribution in [0.2, 0.25) is 5.15 Å². The van der Waals surface area contributed by atoms with Gasteiger partial charge < -0.3 is 5.73 Å². The summed E-state index contributed by atoms with van der Waals surface area (Å²) in [5.41, 5.74) is 6.28. The molecule has 4 heteroatoms. The highest BCUT2D eigenvalue weighted by atomic mass is 35.5. The first-order chi connectivity index (χ1) is 4.74. The van der Waals surface area contributed by atoms with Crippen LogP contribution in [0.5, 0.6) is 0 Å². The third kappa shape index (κ3) is 1.49. The molecule has 2 N–H and O–H groups in total. The fourth-order valence-corrected chi connectivity index (χ4v) is 0.934. The van der Waals surface area contributed by atoms with E-state index in [-0.39, 0.29) is 0 Å². The fraction of sp³-hybridized carbons (Fsp3) is 0.500. The number of hydrogen-bond acceptors (Lipinski definition) is 2. The van der Waals surface area contributed by atoms with Crippen LogP contribution in [0.25, 0.3) is 0 Å². The Bertz CT molecular complexity index is 199. The summed E-state index contributed by atoms with van der Waals surface area (Å²) >= 11 is 5.72. The summed E-state index contributed by atoms with van der Waals surface area (Å²) in [5.74, 6) is 0. The highest BCUT2D eigenvalue weighted by Gasteiger charge is 1.99. The van der Waals surface area contributed by atoms with Gasteiger partial charge in [-0.15, -0.1) is 0 Å². The van der Waals surface area contributed by atoms with Crippen LogP contribution in [0.4, 0.5) is 0 Å². The molecule has 0 bridgehead atoms. The van der Waals surface area contributed by atoms with E-state index < -0.39 is 0 Å². The maximum Gasteiger partial charge on any atom is 0.126 e. The van der Waals surface area contributed by atoms with E-state index in [9.17, 15) is 0 Å². The standard InChI is InChI=1S/C6H10ClN3/c1-10-6(7)4-5(9-10)2-3-8/h4H,2-3,8H2,1H3. The van der Waals surface area contributed by atoms with Crippen molar-refractivity contribution >= 4 is 11.6 Å². The van der Waals surface area contributed by atoms with Crippen LogP contribution in [0.15, 0.2) is 6.07 Å². The number of aromatic nitrogens is 2. The Morgan fingerprint density at radius 3 is 2.90 bits per heavy atom. The second kappa shape index (κ2) is 3.03. The zero-order valence-electron chi connectivity index (χ0n) is 5.84. The summed E-state index contributed by atoms with van der Waals surface area (Å²) in [4.78, 5) is 0. The molecular weight excluding hydrogens is 150 g/mol. The average Bonchev–Trinajstić information content (AvgIpc) is 2.14. The van der Waals surface area contributed by atoms with Crippen LogP contribution in [0.1, 0.15) is 5.69 Å². The van der Waals surface area contributed by atoms with Gasteiger partial charge in [-0.05, 0) is 12.6 Å². The van der Waals surface area contributed by atoms with Crippen molar-refractivity contribution in [2.75, 3.05) is 6.54 Å². The van der Waals surface area contributed by atoms with Crippen LogP contribution < -0.4 is 5.73 Å². The minimum absolute atomic E-state index is 0.618. The monoisotopic (exact) mass is 159 g/mol. The van der Waals surface area contributed by atoms with Crippen molar-refractivity contribution in [1.29, 1.82) is 0 Å². The van der Waals surface area contributed by atoms with Gasteiger partial charge in [0.05, 0.1) is 5.69 Å². The van der Waals surface area contributed by atoms with E-state index in [2.05, 4.69) is 5.10 Å². The molecule has 3 nitrogen and oxygen atoms in total. The lowest BCUT2D eigenvalue weighted by Crippen LogP contribution is -2.03. The maximum atomic E-state index is 5.72. The van der Waals surface area contributed by atoms with E-state index in [4.69, 9.17) is 17.3 Å². The SMILES string of the molecule is Cn1nc(CCN)cc1Cl. The van der Waals surface area contributed by atoms with Gasteiger partial charge in [0.1, 0.15) is 5.15 Å². The molecule has 0 saturated carbocycles. The molecule has 1 aromatic heterocycles. The molecule has 0 aliphatic rings. The quantitative estimate of drug-likeness (QED) is 0.686. The first-order valence-corrected chi connectivity index (χ1v) is 3.50. The Balaban J connectivity index is 2.77. The number of rotatable bonds is 2. The van der Waals surface area contributed by atoms with Gasteiger partial charge in [-0.2, -0.15) is 5.10 Å². The molecule has 1 heterocycles. The Kier molecular flexibility index (Phi) is 2.29. The lowest BCUT2D eigenvalue weighted by molar-refractivity contribution is 0.740. The van der Waals surface area contributed by atoms with Crippen molar-refractivity contribution in [3.8, 4) is 0 Å². The minimum Gasteiger partial charge on any atom is -0.330 e. The molecular formula is C6H10ClN3. The summed E-state index contributed by atoms with van der Waals surface area (Å²) in [5, 5.41) is 4.76. The molecule has 0 atom stereocenters. The minimum atomic E-state index is 0.618. The molecule has 1 rings (SSSR count). The highest BCUT2D eigenvalue weighted by molar-refractivity contribution is 6.29. The third-order valence-electron chi connectivity index (χ3n) is 1.27. The first kappa shape index (κ1) is 7.57. The Morgan fingerprint density at radius 2 is 2.50 bits per heavy atom. The largest absolute Gasteiger partial charge is 0.330 e. The Hall–Kier alpha value is -0.540. The van der Waals surface area contributed by atoms with E-state index >= 15 is 0 Å². The fourth-order valence-electron chi connectivity index (χ4n) is 0.770. The maximum absolute atomic E-state index is 5.72. The molecule has 0 fully saturated rings. The van der Waals surface area contributed by atoms with Crippen LogP contribution in [-0.4, -0.2) is 16.3 Å². The van der Waals surface area contributed by atoms with E-state index in [0.717, 1.165) is 12.1 Å². The molecule has 0 aliphatic carbocycles. The van der Waals surface area contributed by atoms with Gasteiger partial charge in [-0.25, -0.2) is 0 Å². The van der Waals surface area contributed by atoms with Gasteiger partial charge in [-0.3, -0.25) is 4.68 Å². The molecule has 0 radical (unpaired) electrons. The molecule has 56 valence electrons. The van der Waals surface area contributed by atoms with Crippen LogP contribution in [0.3, 0.4) is 0 Å². The van der Waals surface area contributed by atoms with Gasteiger partial charge in [0.15, 0.2) is 0 Å². The molecule has 0 saturated heterocycles. The predicted molar refractivity (Wildman–Crippen MR) is 41.0 cm³/mol. The van der Waals surface area contributed by atoms with Crippen molar-refractivity contribution in [3.05, 3.63) is 16.9 Å². The molecule has 0 spiro atoms. The normalized spacial score (nSPS) is 10.3. The Morgan fingerprint density at radius 1 is 1.80 bits per heavy atom. The van der Waals surface area contributed by atoms with Crippen molar-refractivity contribution in [3.63, 3.8) is 0 Å². The van der Waals surface area contributed by atoms with Crippen molar-refractivity contribution in [1.82, 2.24) is 9.78 Å². The lowest BCUT2D eigenvalue weighted by atomic mass is 10.3. The third-order valence-corrected chi connectivity index (χ3v) is 1.63. The summed E-state index contributed by atoms with van der Waals surface area (Å²) in [6.07, 6.45) is 0.792. The lowest BCUT2D eigenvalue weighted by Gasteiger charge is -1.88. The predicted octanol–water partition coefficient (Wildman–Crippen LogP) is 0.575. The van der Waals surface area contributed by atoms with Gasteiger partial charge >= 0.3 is 0 Å². The summed E-state index contributed by atoms with van der Waals surface area (Å²) in [6.45, 7) is 0.618. The molecule has 10 heavy (non-hydrogen) atoms. The Labute approximate surface area is 64.8 Å². The van der Waals surface area contributed by atoms with Gasteiger partial charge in [0.2, 0.25) is 0 Å². The zero-order chi connectivity index (χ0) is 7.56. The second-order valence-electron chi connectivity index (χ2n) is 2.12. The van der Waals surface area contributed by atoms with Crippen molar-refractivity contribution in [2.45, 2.75) is 6.42 Å². The van der Waals surface area contributed by atoms with E-state index in [0.29, 0.717) is 11.7 Å². The van der Waals surface area contributed by atoms with E-state index in [1.807, 2.05) is 13.1 Å². The molecule has 0 aliphatic heterocycles. The average molecular weight is 160 g/mol. The summed E-state index contributed by atoms with van der Waals surface area (Å²) < 4.78 is 1.63. The molecule has 0 aromatic carbocycles. The number of hydrogen-bond donors (Lipinski definition) is 1. The van der Waals surface area contributed by atoms with Crippen molar-refractivity contribution in [2.24, 2.45) is 12.8 Å². The smallest absolute Gasteiger partial charge is 0.126 e. The summed E-state index contributed by atoms with van der Waals surface area (Å²) in [6, 6.07) is 1.83. The van der Waals surface area contributed by atoms with Crippen LogP contribution in [0, 0.1) is 0 Å². The van der Waals surface area contributed by atoms with Crippen molar-refractivity contribution < 1.29 is 0 Å².